The molecule has 10 heteroatoms. The zero-order valence-electron chi connectivity index (χ0n) is 18.2. The molecule has 0 saturated carbocycles. The number of anilines is 1. The molecule has 3 heterocycles. The zero-order valence-corrected chi connectivity index (χ0v) is 20.5. The molecule has 0 spiro atoms. The van der Waals surface area contributed by atoms with Crippen molar-refractivity contribution >= 4 is 52.6 Å². The second-order valence-electron chi connectivity index (χ2n) is 7.37. The van der Waals surface area contributed by atoms with Gasteiger partial charge < -0.3 is 19.7 Å². The summed E-state index contributed by atoms with van der Waals surface area (Å²) in [6.45, 7) is 7.80. The third-order valence-corrected chi connectivity index (χ3v) is 5.29. The van der Waals surface area contributed by atoms with Gasteiger partial charge >= 0.3 is 0 Å². The van der Waals surface area contributed by atoms with Gasteiger partial charge in [-0.2, -0.15) is 5.10 Å². The monoisotopic (exact) mass is 536 g/mol. The van der Waals surface area contributed by atoms with E-state index in [1.54, 1.807) is 15.8 Å². The van der Waals surface area contributed by atoms with E-state index in [-0.39, 0.29) is 29.9 Å². The molecule has 1 N–H and O–H groups in total. The number of hydrogen-bond acceptors (Lipinski definition) is 4. The fraction of sp³-hybridized carbons (Fsp3) is 0.429. The van der Waals surface area contributed by atoms with Crippen molar-refractivity contribution in [3.05, 3.63) is 42.5 Å². The highest BCUT2D eigenvalue weighted by molar-refractivity contribution is 14.0. The van der Waals surface area contributed by atoms with Crippen molar-refractivity contribution in [2.24, 2.45) is 12.0 Å². The van der Waals surface area contributed by atoms with Gasteiger partial charge in [0.2, 0.25) is 5.91 Å². The molecule has 0 bridgehead atoms. The number of carbonyl (C=O) groups is 1. The van der Waals surface area contributed by atoms with Crippen LogP contribution < -0.4 is 10.2 Å². The number of para-hydroxylation sites is 2. The number of nitrogens with one attached hydrogen (secondary N) is 1. The topological polar surface area (TPSA) is 83.6 Å². The van der Waals surface area contributed by atoms with Crippen molar-refractivity contribution < 1.29 is 4.79 Å². The predicted octanol–water partition coefficient (Wildman–Crippen LogP) is 2.01. The second kappa shape index (κ2) is 10.1. The number of halogens is 1. The summed E-state index contributed by atoms with van der Waals surface area (Å²) in [6, 6.07) is 8.14. The lowest BCUT2D eigenvalue weighted by Crippen LogP contribution is -2.55. The van der Waals surface area contributed by atoms with E-state index in [1.165, 1.54) is 0 Å². The number of aliphatic imine (C=N–C) groups is 1. The van der Waals surface area contributed by atoms with Crippen molar-refractivity contribution in [3.63, 3.8) is 0 Å². The lowest BCUT2D eigenvalue weighted by atomic mass is 10.3. The maximum atomic E-state index is 12.7. The summed E-state index contributed by atoms with van der Waals surface area (Å²) < 4.78 is 3.90. The highest BCUT2D eigenvalue weighted by atomic mass is 127. The molecular formula is C21H29IN8O. The zero-order chi connectivity index (χ0) is 21.1. The van der Waals surface area contributed by atoms with Gasteiger partial charge in [-0.15, -0.1) is 24.0 Å². The number of hydrogen-bond donors (Lipinski definition) is 1. The average Bonchev–Trinajstić information content (AvgIpc) is 3.30. The number of nitrogens with zero attached hydrogens (tertiary/aromatic N) is 7. The molecule has 1 fully saturated rings. The fourth-order valence-corrected chi connectivity index (χ4v) is 3.83. The molecular weight excluding hydrogens is 507 g/mol. The van der Waals surface area contributed by atoms with Crippen molar-refractivity contribution in [2.75, 3.05) is 37.6 Å². The number of imidazole rings is 1. The molecule has 1 aromatic carbocycles. The first kappa shape index (κ1) is 23.0. The Bertz CT molecular complexity index is 1070. The highest BCUT2D eigenvalue weighted by Crippen LogP contribution is 2.17. The second-order valence-corrected chi connectivity index (χ2v) is 7.37. The van der Waals surface area contributed by atoms with Gasteiger partial charge in [0.25, 0.3) is 0 Å². The fourth-order valence-electron chi connectivity index (χ4n) is 3.83. The van der Waals surface area contributed by atoms with Crippen LogP contribution in [0, 0.1) is 6.92 Å². The molecule has 1 amide bonds. The minimum atomic E-state index is 0. The highest BCUT2D eigenvalue weighted by Gasteiger charge is 2.27. The molecule has 4 rings (SSSR count). The van der Waals surface area contributed by atoms with Crippen LogP contribution in [0.15, 0.2) is 41.7 Å². The smallest absolute Gasteiger partial charge is 0.246 e. The summed E-state index contributed by atoms with van der Waals surface area (Å²) >= 11 is 0. The van der Waals surface area contributed by atoms with E-state index < -0.39 is 0 Å². The van der Waals surface area contributed by atoms with E-state index in [0.717, 1.165) is 48.1 Å². The number of piperazine rings is 1. The van der Waals surface area contributed by atoms with Crippen LogP contribution in [0.3, 0.4) is 0 Å². The van der Waals surface area contributed by atoms with Crippen LogP contribution in [0.2, 0.25) is 0 Å². The van der Waals surface area contributed by atoms with Crippen LogP contribution in [0.4, 0.5) is 5.69 Å². The lowest BCUT2D eigenvalue weighted by molar-refractivity contribution is -0.120. The summed E-state index contributed by atoms with van der Waals surface area (Å²) in [4.78, 5) is 25.9. The first-order chi connectivity index (χ1) is 14.6. The van der Waals surface area contributed by atoms with Crippen molar-refractivity contribution in [1.29, 1.82) is 0 Å². The van der Waals surface area contributed by atoms with E-state index >= 15 is 0 Å². The summed E-state index contributed by atoms with van der Waals surface area (Å²) in [5.74, 6) is 1.81. The number of aryl methyl sites for hydroxylation is 2. The van der Waals surface area contributed by atoms with Crippen LogP contribution in [-0.2, 0) is 18.4 Å². The van der Waals surface area contributed by atoms with Crippen LogP contribution in [0.1, 0.15) is 12.7 Å². The van der Waals surface area contributed by atoms with Crippen LogP contribution in [0.25, 0.3) is 11.0 Å². The molecule has 166 valence electrons. The molecule has 3 aromatic rings. The average molecular weight is 536 g/mol. The van der Waals surface area contributed by atoms with E-state index in [9.17, 15) is 4.79 Å². The van der Waals surface area contributed by atoms with Gasteiger partial charge in [-0.05, 0) is 26.0 Å². The molecule has 0 atom stereocenters. The van der Waals surface area contributed by atoms with Crippen molar-refractivity contribution in [3.8, 4) is 0 Å². The molecule has 1 aliphatic rings. The molecule has 0 aliphatic carbocycles. The molecule has 31 heavy (non-hydrogen) atoms. The number of fused-ring (bicyclic) bond motifs is 1. The third-order valence-electron chi connectivity index (χ3n) is 5.29. The van der Waals surface area contributed by atoms with Crippen LogP contribution in [-0.4, -0.2) is 68.8 Å². The maximum Gasteiger partial charge on any atom is 0.246 e. The van der Waals surface area contributed by atoms with Crippen molar-refractivity contribution in [2.45, 2.75) is 20.4 Å². The first-order valence-electron chi connectivity index (χ1n) is 10.3. The van der Waals surface area contributed by atoms with Crippen LogP contribution >= 0.6 is 24.0 Å². The predicted molar refractivity (Wildman–Crippen MR) is 133 cm³/mol. The third kappa shape index (κ3) is 5.00. The van der Waals surface area contributed by atoms with E-state index in [1.807, 2.05) is 50.2 Å². The molecule has 2 aromatic heterocycles. The number of aromatic nitrogens is 4. The molecule has 0 unspecified atom stereocenters. The summed E-state index contributed by atoms with van der Waals surface area (Å²) in [7, 11) is 1.85. The van der Waals surface area contributed by atoms with Gasteiger partial charge in [0.05, 0.1) is 29.5 Å². The van der Waals surface area contributed by atoms with E-state index in [4.69, 9.17) is 4.99 Å². The van der Waals surface area contributed by atoms with Gasteiger partial charge in [0.15, 0.2) is 5.96 Å². The minimum Gasteiger partial charge on any atom is -0.357 e. The number of amides is 1. The van der Waals surface area contributed by atoms with Gasteiger partial charge in [-0.25, -0.2) is 4.98 Å². The van der Waals surface area contributed by atoms with Crippen molar-refractivity contribution in [1.82, 2.24) is 29.5 Å². The van der Waals surface area contributed by atoms with E-state index in [2.05, 4.69) is 26.0 Å². The Labute approximate surface area is 199 Å². The summed E-state index contributed by atoms with van der Waals surface area (Å²) in [5.41, 5.74) is 2.96. The standard InChI is InChI=1S/C21H28N8O.HI/c1-4-22-21(23-9-10-28-16(2)25-18-7-5-6-8-19(18)28)27-11-12-29(20(30)15-27)17-13-24-26(3)14-17;/h5-8,13-14H,4,9-12,15H2,1-3H3,(H,22,23);1H. The Morgan fingerprint density at radius 2 is 2.06 bits per heavy atom. The lowest BCUT2D eigenvalue weighted by Gasteiger charge is -2.35. The van der Waals surface area contributed by atoms with Gasteiger partial charge in [0, 0.05) is 39.4 Å². The maximum absolute atomic E-state index is 12.7. The largest absolute Gasteiger partial charge is 0.357 e. The van der Waals surface area contributed by atoms with Gasteiger partial charge in [-0.1, -0.05) is 12.1 Å². The number of benzene rings is 1. The molecule has 0 radical (unpaired) electrons. The summed E-state index contributed by atoms with van der Waals surface area (Å²) in [5, 5.41) is 7.50. The summed E-state index contributed by atoms with van der Waals surface area (Å²) in [6.07, 6.45) is 3.59. The van der Waals surface area contributed by atoms with Gasteiger partial charge in [-0.3, -0.25) is 14.5 Å². The number of rotatable bonds is 5. The minimum absolute atomic E-state index is 0. The quantitative estimate of drug-likeness (QED) is 0.307. The molecule has 1 saturated heterocycles. The SMILES string of the molecule is CCNC(=NCCn1c(C)nc2ccccc21)N1CCN(c2cnn(C)c2)C(=O)C1.I. The Morgan fingerprint density at radius 3 is 2.77 bits per heavy atom. The Balaban J connectivity index is 0.00000272. The number of carbonyl (C=O) groups excluding carboxylic acids is 1. The molecule has 1 aliphatic heterocycles. The first-order valence-corrected chi connectivity index (χ1v) is 10.3. The van der Waals surface area contributed by atoms with Gasteiger partial charge in [0.1, 0.15) is 12.4 Å². The van der Waals surface area contributed by atoms with E-state index in [0.29, 0.717) is 19.6 Å². The number of guanidine groups is 1. The Kier molecular flexibility index (Phi) is 7.52. The Hall–Kier alpha value is -2.63. The van der Waals surface area contributed by atoms with Crippen LogP contribution in [0.5, 0.6) is 0 Å². The molecule has 9 nitrogen and oxygen atoms in total. The Morgan fingerprint density at radius 1 is 1.26 bits per heavy atom. The normalized spacial score (nSPS) is 14.8.